The zero-order valence-corrected chi connectivity index (χ0v) is 9.93. The molecule has 0 bridgehead atoms. The molecule has 1 unspecified atom stereocenters. The number of ether oxygens (including phenoxy) is 1. The molecule has 16 heavy (non-hydrogen) atoms. The van der Waals surface area contributed by atoms with Gasteiger partial charge in [-0.25, -0.2) is 0 Å². The van der Waals surface area contributed by atoms with Gasteiger partial charge in [0.1, 0.15) is 6.04 Å². The van der Waals surface area contributed by atoms with E-state index in [0.29, 0.717) is 6.61 Å². The second kappa shape index (κ2) is 6.23. The molecular formula is C12H18N2O2. The molecule has 0 aromatic carbocycles. The van der Waals surface area contributed by atoms with Gasteiger partial charge < -0.3 is 4.74 Å². The molecule has 4 nitrogen and oxygen atoms in total. The van der Waals surface area contributed by atoms with Crippen molar-refractivity contribution in [1.82, 2.24) is 10.3 Å². The first-order chi connectivity index (χ1) is 7.65. The summed E-state index contributed by atoms with van der Waals surface area (Å²) < 4.78 is 4.92. The van der Waals surface area contributed by atoms with Crippen molar-refractivity contribution in [2.75, 3.05) is 6.61 Å². The normalized spacial score (nSPS) is 14.2. The van der Waals surface area contributed by atoms with Gasteiger partial charge in [0, 0.05) is 12.2 Å². The Morgan fingerprint density at radius 3 is 2.81 bits per heavy atom. The first kappa shape index (κ1) is 12.6. The number of hydrogen-bond donors (Lipinski definition) is 1. The minimum Gasteiger partial charge on any atom is -0.465 e. The van der Waals surface area contributed by atoms with E-state index in [0.717, 1.165) is 5.69 Å². The molecule has 2 atom stereocenters. The van der Waals surface area contributed by atoms with Gasteiger partial charge in [-0.1, -0.05) is 6.07 Å². The third-order valence-corrected chi connectivity index (χ3v) is 2.27. The summed E-state index contributed by atoms with van der Waals surface area (Å²) in [6.07, 6.45) is 1.74. The van der Waals surface area contributed by atoms with Gasteiger partial charge in [0.05, 0.1) is 12.3 Å². The van der Waals surface area contributed by atoms with E-state index in [4.69, 9.17) is 4.74 Å². The third-order valence-electron chi connectivity index (χ3n) is 2.27. The van der Waals surface area contributed by atoms with Gasteiger partial charge in [-0.2, -0.15) is 0 Å². The van der Waals surface area contributed by atoms with Crippen molar-refractivity contribution in [2.24, 2.45) is 0 Å². The molecule has 0 aliphatic rings. The molecule has 0 spiro atoms. The molecular weight excluding hydrogens is 204 g/mol. The molecule has 0 saturated carbocycles. The van der Waals surface area contributed by atoms with E-state index in [9.17, 15) is 4.79 Å². The summed E-state index contributed by atoms with van der Waals surface area (Å²) in [5.74, 6) is -0.231. The van der Waals surface area contributed by atoms with E-state index in [-0.39, 0.29) is 18.1 Å². The Kier molecular flexibility index (Phi) is 4.92. The zero-order chi connectivity index (χ0) is 12.0. The molecule has 88 valence electrons. The molecule has 0 aliphatic carbocycles. The quantitative estimate of drug-likeness (QED) is 0.770. The fourth-order valence-electron chi connectivity index (χ4n) is 1.43. The van der Waals surface area contributed by atoms with Crippen LogP contribution in [0.3, 0.4) is 0 Å². The lowest BCUT2D eigenvalue weighted by Crippen LogP contribution is -2.37. The Hall–Kier alpha value is -1.42. The highest BCUT2D eigenvalue weighted by molar-refractivity contribution is 5.75. The molecule has 0 radical (unpaired) electrons. The number of nitrogens with zero attached hydrogens (tertiary/aromatic N) is 1. The molecule has 0 aliphatic heterocycles. The minimum atomic E-state index is -0.322. The zero-order valence-electron chi connectivity index (χ0n) is 9.93. The molecule has 1 rings (SSSR count). The van der Waals surface area contributed by atoms with Crippen molar-refractivity contribution in [2.45, 2.75) is 32.9 Å². The van der Waals surface area contributed by atoms with Crippen molar-refractivity contribution >= 4 is 5.97 Å². The number of aromatic nitrogens is 1. The first-order valence-corrected chi connectivity index (χ1v) is 5.48. The van der Waals surface area contributed by atoms with Crippen LogP contribution in [0.15, 0.2) is 24.4 Å². The van der Waals surface area contributed by atoms with Gasteiger partial charge in [-0.3, -0.25) is 15.1 Å². The van der Waals surface area contributed by atoms with Crippen LogP contribution in [0.25, 0.3) is 0 Å². The van der Waals surface area contributed by atoms with Crippen LogP contribution in [-0.4, -0.2) is 23.6 Å². The Labute approximate surface area is 96.0 Å². The summed E-state index contributed by atoms with van der Waals surface area (Å²) in [6.45, 7) is 5.96. The van der Waals surface area contributed by atoms with Gasteiger partial charge in [0.25, 0.3) is 0 Å². The fraction of sp³-hybridized carbons (Fsp3) is 0.500. The van der Waals surface area contributed by atoms with Crippen LogP contribution in [-0.2, 0) is 9.53 Å². The van der Waals surface area contributed by atoms with Crippen LogP contribution in [0, 0.1) is 0 Å². The second-order valence-electron chi connectivity index (χ2n) is 3.62. The van der Waals surface area contributed by atoms with E-state index >= 15 is 0 Å². The highest BCUT2D eigenvalue weighted by Gasteiger charge is 2.17. The molecule has 4 heteroatoms. The number of hydrogen-bond acceptors (Lipinski definition) is 4. The molecule has 1 aromatic heterocycles. The summed E-state index contributed by atoms with van der Waals surface area (Å²) in [5, 5.41) is 3.14. The maximum absolute atomic E-state index is 11.4. The number of carbonyl (C=O) groups is 1. The van der Waals surface area contributed by atoms with Crippen molar-refractivity contribution < 1.29 is 9.53 Å². The first-order valence-electron chi connectivity index (χ1n) is 5.48. The Balaban J connectivity index is 2.51. The number of nitrogens with one attached hydrogen (secondary N) is 1. The molecule has 1 heterocycles. The average Bonchev–Trinajstić information content (AvgIpc) is 2.30. The van der Waals surface area contributed by atoms with E-state index < -0.39 is 0 Å². The van der Waals surface area contributed by atoms with Gasteiger partial charge in [0.15, 0.2) is 0 Å². The van der Waals surface area contributed by atoms with Crippen LogP contribution in [0.2, 0.25) is 0 Å². The molecule has 1 aromatic rings. The van der Waals surface area contributed by atoms with Crippen LogP contribution >= 0.6 is 0 Å². The third kappa shape index (κ3) is 3.62. The van der Waals surface area contributed by atoms with E-state index in [1.807, 2.05) is 25.1 Å². The SMILES string of the molecule is CCOC(=O)C(C)N[C@@H](C)c1ccccn1. The lowest BCUT2D eigenvalue weighted by molar-refractivity contribution is -0.145. The van der Waals surface area contributed by atoms with Crippen molar-refractivity contribution in [3.63, 3.8) is 0 Å². The summed E-state index contributed by atoms with van der Waals surface area (Å²) in [5.41, 5.74) is 0.915. The van der Waals surface area contributed by atoms with Gasteiger partial charge in [0.2, 0.25) is 0 Å². The standard InChI is InChI=1S/C12H18N2O2/c1-4-16-12(15)10(3)14-9(2)11-7-5-6-8-13-11/h5-10,14H,4H2,1-3H3/t9-,10?/m0/s1. The van der Waals surface area contributed by atoms with Crippen LogP contribution in [0.5, 0.6) is 0 Å². The Morgan fingerprint density at radius 1 is 1.50 bits per heavy atom. The largest absolute Gasteiger partial charge is 0.465 e. The van der Waals surface area contributed by atoms with Gasteiger partial charge >= 0.3 is 5.97 Å². The molecule has 0 saturated heterocycles. The van der Waals surface area contributed by atoms with E-state index in [1.54, 1.807) is 20.0 Å². The van der Waals surface area contributed by atoms with Crippen LogP contribution in [0.4, 0.5) is 0 Å². The van der Waals surface area contributed by atoms with Crippen molar-refractivity contribution in [1.29, 1.82) is 0 Å². The Bertz CT molecular complexity index is 327. The lowest BCUT2D eigenvalue weighted by Gasteiger charge is -2.18. The predicted molar refractivity (Wildman–Crippen MR) is 61.9 cm³/mol. The monoisotopic (exact) mass is 222 g/mol. The smallest absolute Gasteiger partial charge is 0.322 e. The van der Waals surface area contributed by atoms with E-state index in [1.165, 1.54) is 0 Å². The van der Waals surface area contributed by atoms with Crippen LogP contribution in [0.1, 0.15) is 32.5 Å². The maximum Gasteiger partial charge on any atom is 0.322 e. The van der Waals surface area contributed by atoms with Gasteiger partial charge in [-0.15, -0.1) is 0 Å². The summed E-state index contributed by atoms with van der Waals surface area (Å²) >= 11 is 0. The Morgan fingerprint density at radius 2 is 2.25 bits per heavy atom. The van der Waals surface area contributed by atoms with Crippen molar-refractivity contribution in [3.8, 4) is 0 Å². The minimum absolute atomic E-state index is 0.0283. The number of pyridine rings is 1. The number of carbonyl (C=O) groups excluding carboxylic acids is 1. The van der Waals surface area contributed by atoms with Gasteiger partial charge in [-0.05, 0) is 32.9 Å². The van der Waals surface area contributed by atoms with Crippen molar-refractivity contribution in [3.05, 3.63) is 30.1 Å². The highest BCUT2D eigenvalue weighted by Crippen LogP contribution is 2.09. The summed E-state index contributed by atoms with van der Waals surface area (Å²) in [7, 11) is 0. The molecule has 0 amide bonds. The van der Waals surface area contributed by atoms with E-state index in [2.05, 4.69) is 10.3 Å². The number of rotatable bonds is 5. The highest BCUT2D eigenvalue weighted by atomic mass is 16.5. The second-order valence-corrected chi connectivity index (χ2v) is 3.62. The molecule has 1 N–H and O–H groups in total. The topological polar surface area (TPSA) is 51.2 Å². The predicted octanol–water partition coefficient (Wildman–Crippen LogP) is 1.68. The summed E-state index contributed by atoms with van der Waals surface area (Å²) in [6, 6.07) is 5.42. The fourth-order valence-corrected chi connectivity index (χ4v) is 1.43. The number of esters is 1. The average molecular weight is 222 g/mol. The molecule has 0 fully saturated rings. The summed E-state index contributed by atoms with van der Waals surface area (Å²) in [4.78, 5) is 15.6. The maximum atomic E-state index is 11.4. The lowest BCUT2D eigenvalue weighted by atomic mass is 10.2. The van der Waals surface area contributed by atoms with Crippen LogP contribution < -0.4 is 5.32 Å².